The van der Waals surface area contributed by atoms with Crippen LogP contribution in [0.5, 0.6) is 17.2 Å². The summed E-state index contributed by atoms with van der Waals surface area (Å²) in [4.78, 5) is 28.9. The lowest BCUT2D eigenvalue weighted by Crippen LogP contribution is -2.09. The summed E-state index contributed by atoms with van der Waals surface area (Å²) in [6.45, 7) is 0. The average Bonchev–Trinajstić information content (AvgIpc) is 3.20. The van der Waals surface area contributed by atoms with Crippen molar-refractivity contribution in [2.75, 3.05) is 14.2 Å². The summed E-state index contributed by atoms with van der Waals surface area (Å²) >= 11 is 0. The number of carbonyl (C=O) groups is 2. The topological polar surface area (TPSA) is 83.4 Å². The van der Waals surface area contributed by atoms with Gasteiger partial charge in [-0.25, -0.2) is 14.6 Å². The van der Waals surface area contributed by atoms with Crippen molar-refractivity contribution in [3.8, 4) is 17.2 Å². The lowest BCUT2D eigenvalue weighted by atomic mass is 10.1. The number of hydrogen-bond donors (Lipinski definition) is 0. The van der Waals surface area contributed by atoms with Crippen LogP contribution in [0, 0.1) is 0 Å². The Morgan fingerprint density at radius 3 is 2.47 bits per heavy atom. The van der Waals surface area contributed by atoms with E-state index in [1.807, 2.05) is 6.07 Å². The molecule has 1 aliphatic rings. The van der Waals surface area contributed by atoms with Crippen LogP contribution in [0.25, 0.3) is 6.08 Å². The van der Waals surface area contributed by atoms with E-state index in [-0.39, 0.29) is 17.3 Å². The van der Waals surface area contributed by atoms with Gasteiger partial charge in [0.25, 0.3) is 0 Å². The van der Waals surface area contributed by atoms with E-state index in [1.165, 1.54) is 7.11 Å². The molecule has 0 radical (unpaired) electrons. The minimum atomic E-state index is -0.568. The van der Waals surface area contributed by atoms with Gasteiger partial charge in [-0.2, -0.15) is 0 Å². The molecule has 1 aliphatic heterocycles. The minimum absolute atomic E-state index is 0.138. The van der Waals surface area contributed by atoms with E-state index >= 15 is 0 Å². The lowest BCUT2D eigenvalue weighted by molar-refractivity contribution is -0.129. The van der Waals surface area contributed by atoms with Gasteiger partial charge < -0.3 is 18.9 Å². The van der Waals surface area contributed by atoms with Crippen LogP contribution < -0.4 is 14.2 Å². The molecule has 0 aromatic heterocycles. The van der Waals surface area contributed by atoms with Crippen molar-refractivity contribution in [3.05, 3.63) is 95.2 Å². The van der Waals surface area contributed by atoms with Gasteiger partial charge in [0.15, 0.2) is 17.2 Å². The molecule has 0 atom stereocenters. The fourth-order valence-corrected chi connectivity index (χ4v) is 3.04. The van der Waals surface area contributed by atoms with Crippen LogP contribution in [0.2, 0.25) is 0 Å². The highest BCUT2D eigenvalue weighted by Crippen LogP contribution is 2.30. The zero-order valence-electron chi connectivity index (χ0n) is 17.4. The Morgan fingerprint density at radius 1 is 0.906 bits per heavy atom. The molecule has 0 bridgehead atoms. The highest BCUT2D eigenvalue weighted by atomic mass is 16.6. The Morgan fingerprint density at radius 2 is 1.72 bits per heavy atom. The first kappa shape index (κ1) is 20.9. The van der Waals surface area contributed by atoms with Gasteiger partial charge in [-0.1, -0.05) is 30.3 Å². The van der Waals surface area contributed by atoms with Crippen LogP contribution in [0.1, 0.15) is 21.5 Å². The largest absolute Gasteiger partial charge is 0.497 e. The Kier molecular flexibility index (Phi) is 5.98. The van der Waals surface area contributed by atoms with E-state index in [4.69, 9.17) is 18.9 Å². The summed E-state index contributed by atoms with van der Waals surface area (Å²) in [6.07, 6.45) is 1.57. The first-order valence-corrected chi connectivity index (χ1v) is 9.69. The van der Waals surface area contributed by atoms with E-state index in [0.717, 1.165) is 0 Å². The Bertz CT molecular complexity index is 1230. The number of aliphatic imine (C=N–C) groups is 1. The fourth-order valence-electron chi connectivity index (χ4n) is 3.04. The second kappa shape index (κ2) is 9.18. The average molecular weight is 429 g/mol. The first-order valence-electron chi connectivity index (χ1n) is 9.69. The zero-order valence-corrected chi connectivity index (χ0v) is 17.4. The zero-order chi connectivity index (χ0) is 22.5. The summed E-state index contributed by atoms with van der Waals surface area (Å²) in [7, 11) is 3.02. The van der Waals surface area contributed by atoms with Crippen molar-refractivity contribution >= 4 is 23.9 Å². The van der Waals surface area contributed by atoms with Gasteiger partial charge in [-0.3, -0.25) is 0 Å². The molecule has 4 rings (SSSR count). The fraction of sp³-hybridized carbons (Fsp3) is 0.0800. The predicted octanol–water partition coefficient (Wildman–Crippen LogP) is 4.27. The molecule has 3 aromatic carbocycles. The number of nitrogens with zero attached hydrogens (tertiary/aromatic N) is 1. The minimum Gasteiger partial charge on any atom is -0.497 e. The van der Waals surface area contributed by atoms with Crippen molar-refractivity contribution in [2.24, 2.45) is 4.99 Å². The van der Waals surface area contributed by atoms with E-state index in [1.54, 1.807) is 79.9 Å². The van der Waals surface area contributed by atoms with Crippen molar-refractivity contribution in [3.63, 3.8) is 0 Å². The molecular weight excluding hydrogens is 410 g/mol. The van der Waals surface area contributed by atoms with Gasteiger partial charge in [0.1, 0.15) is 5.75 Å². The number of ether oxygens (including phenoxy) is 4. The molecule has 0 saturated carbocycles. The van der Waals surface area contributed by atoms with Crippen molar-refractivity contribution in [2.45, 2.75) is 0 Å². The molecule has 7 heteroatoms. The molecule has 7 nitrogen and oxygen atoms in total. The number of benzene rings is 3. The number of rotatable bonds is 6. The van der Waals surface area contributed by atoms with Gasteiger partial charge in [-0.15, -0.1) is 0 Å². The van der Waals surface area contributed by atoms with Crippen LogP contribution in [0.15, 0.2) is 83.5 Å². The molecular formula is C25H19NO6. The van der Waals surface area contributed by atoms with Gasteiger partial charge in [-0.05, 0) is 54.1 Å². The highest BCUT2D eigenvalue weighted by molar-refractivity contribution is 6.13. The Hall–Kier alpha value is -4.39. The molecule has 160 valence electrons. The van der Waals surface area contributed by atoms with Crippen LogP contribution >= 0.6 is 0 Å². The van der Waals surface area contributed by atoms with E-state index in [0.29, 0.717) is 28.2 Å². The number of cyclic esters (lactones) is 1. The van der Waals surface area contributed by atoms with Crippen LogP contribution in [0.3, 0.4) is 0 Å². The molecule has 3 aromatic rings. The molecule has 0 amide bonds. The molecule has 1 heterocycles. The van der Waals surface area contributed by atoms with Crippen molar-refractivity contribution in [1.29, 1.82) is 0 Å². The van der Waals surface area contributed by atoms with Gasteiger partial charge >= 0.3 is 11.9 Å². The second-order valence-electron chi connectivity index (χ2n) is 6.73. The predicted molar refractivity (Wildman–Crippen MR) is 118 cm³/mol. The molecule has 32 heavy (non-hydrogen) atoms. The van der Waals surface area contributed by atoms with Crippen molar-refractivity contribution < 1.29 is 28.5 Å². The van der Waals surface area contributed by atoms with Crippen LogP contribution in [-0.2, 0) is 9.53 Å². The van der Waals surface area contributed by atoms with E-state index in [2.05, 4.69) is 4.99 Å². The summed E-state index contributed by atoms with van der Waals surface area (Å²) in [6, 6.07) is 20.7. The quantitative estimate of drug-likeness (QED) is 0.331. The Balaban J connectivity index is 1.58. The maximum Gasteiger partial charge on any atom is 0.363 e. The summed E-state index contributed by atoms with van der Waals surface area (Å²) in [5.74, 6) is 0.359. The van der Waals surface area contributed by atoms with Crippen molar-refractivity contribution in [1.82, 2.24) is 0 Å². The third-order valence-electron chi connectivity index (χ3n) is 4.64. The van der Waals surface area contributed by atoms with Gasteiger partial charge in [0.2, 0.25) is 5.90 Å². The number of hydrogen-bond acceptors (Lipinski definition) is 7. The smallest absolute Gasteiger partial charge is 0.363 e. The number of methoxy groups -OCH3 is 2. The van der Waals surface area contributed by atoms with Crippen LogP contribution in [-0.4, -0.2) is 32.1 Å². The molecule has 0 N–H and O–H groups in total. The SMILES string of the molecule is COc1cccc(C2=N/C(=C/c3ccc(OC(=O)c4ccccc4)c(OC)c3)C(=O)O2)c1. The molecule has 0 spiro atoms. The third-order valence-corrected chi connectivity index (χ3v) is 4.64. The number of carbonyl (C=O) groups excluding carboxylic acids is 2. The molecule has 0 fully saturated rings. The maximum absolute atomic E-state index is 12.3. The summed E-state index contributed by atoms with van der Waals surface area (Å²) in [5, 5.41) is 0. The monoisotopic (exact) mass is 429 g/mol. The molecule has 0 unspecified atom stereocenters. The second-order valence-corrected chi connectivity index (χ2v) is 6.73. The molecule has 0 saturated heterocycles. The lowest BCUT2D eigenvalue weighted by Gasteiger charge is -2.10. The summed E-state index contributed by atoms with van der Waals surface area (Å²) in [5.41, 5.74) is 1.82. The maximum atomic E-state index is 12.3. The highest BCUT2D eigenvalue weighted by Gasteiger charge is 2.24. The normalized spacial score (nSPS) is 14.0. The molecule has 0 aliphatic carbocycles. The number of esters is 2. The first-order chi connectivity index (χ1) is 15.6. The third kappa shape index (κ3) is 4.52. The Labute approximate surface area is 184 Å². The summed E-state index contributed by atoms with van der Waals surface area (Å²) < 4.78 is 21.3. The van der Waals surface area contributed by atoms with Gasteiger partial charge in [0.05, 0.1) is 19.8 Å². The van der Waals surface area contributed by atoms with E-state index in [9.17, 15) is 9.59 Å². The van der Waals surface area contributed by atoms with Crippen LogP contribution in [0.4, 0.5) is 0 Å². The van der Waals surface area contributed by atoms with Gasteiger partial charge in [0, 0.05) is 5.56 Å². The standard InChI is InChI=1S/C25H19NO6/c1-29-19-10-6-9-18(15-19)23-26-20(25(28)32-23)13-16-11-12-21(22(14-16)30-2)31-24(27)17-7-4-3-5-8-17/h3-15H,1-2H3/b20-13+. The van der Waals surface area contributed by atoms with E-state index < -0.39 is 11.9 Å².